The summed E-state index contributed by atoms with van der Waals surface area (Å²) in [7, 11) is 1.57. The number of benzene rings is 3. The minimum absolute atomic E-state index is 0.210. The molecule has 1 N–H and O–H groups in total. The summed E-state index contributed by atoms with van der Waals surface area (Å²) >= 11 is 6.73. The summed E-state index contributed by atoms with van der Waals surface area (Å²) in [4.78, 5) is 18.5. The number of hydrogen-bond acceptors (Lipinski definition) is 5. The average molecular weight is 485 g/mol. The van der Waals surface area contributed by atoms with Gasteiger partial charge in [-0.15, -0.1) is 11.3 Å². The van der Waals surface area contributed by atoms with Crippen LogP contribution in [0.15, 0.2) is 74.4 Å². The van der Waals surface area contributed by atoms with Gasteiger partial charge in [-0.05, 0) is 61.0 Å². The molecule has 0 spiro atoms. The summed E-state index contributed by atoms with van der Waals surface area (Å²) in [5, 5.41) is 2.94. The molecule has 0 saturated heterocycles. The molecule has 4 aromatic rings. The van der Waals surface area contributed by atoms with E-state index in [9.17, 15) is 4.79 Å². The fraction of sp³-hybridized carbons (Fsp3) is 0.0909. The van der Waals surface area contributed by atoms with Crippen molar-refractivity contribution in [3.05, 3.63) is 76.3 Å². The first-order chi connectivity index (χ1) is 14.0. The summed E-state index contributed by atoms with van der Waals surface area (Å²) in [5.74, 6) is 0.367. The van der Waals surface area contributed by atoms with Crippen LogP contribution in [0.25, 0.3) is 10.2 Å². The number of aromatic nitrogens is 1. The van der Waals surface area contributed by atoms with E-state index in [2.05, 4.69) is 32.3 Å². The Morgan fingerprint density at radius 1 is 1.14 bits per heavy atom. The third-order valence-electron chi connectivity index (χ3n) is 4.28. The molecule has 0 aliphatic rings. The number of ether oxygens (including phenoxy) is 1. The number of carbonyl (C=O) groups excluding carboxylic acids is 1. The smallest absolute Gasteiger partial charge is 0.259 e. The fourth-order valence-electron chi connectivity index (χ4n) is 2.97. The molecule has 0 atom stereocenters. The molecular weight excluding hydrogens is 468 g/mol. The van der Waals surface area contributed by atoms with Crippen LogP contribution >= 0.6 is 39.0 Å². The molecule has 29 heavy (non-hydrogen) atoms. The molecule has 4 rings (SSSR count). The van der Waals surface area contributed by atoms with Gasteiger partial charge >= 0.3 is 0 Å². The minimum Gasteiger partial charge on any atom is -0.496 e. The summed E-state index contributed by atoms with van der Waals surface area (Å²) in [6.45, 7) is 1.91. The van der Waals surface area contributed by atoms with Gasteiger partial charge in [0.15, 0.2) is 4.34 Å². The zero-order valence-electron chi connectivity index (χ0n) is 15.7. The van der Waals surface area contributed by atoms with E-state index in [-0.39, 0.29) is 5.91 Å². The number of nitrogens with one attached hydrogen (secondary N) is 1. The van der Waals surface area contributed by atoms with Crippen molar-refractivity contribution >= 4 is 60.8 Å². The van der Waals surface area contributed by atoms with Gasteiger partial charge < -0.3 is 10.1 Å². The molecule has 3 aromatic carbocycles. The number of aryl methyl sites for hydroxylation is 1. The van der Waals surface area contributed by atoms with Crippen molar-refractivity contribution in [2.24, 2.45) is 0 Å². The van der Waals surface area contributed by atoms with Crippen LogP contribution in [0.3, 0.4) is 0 Å². The number of para-hydroxylation sites is 1. The predicted molar refractivity (Wildman–Crippen MR) is 124 cm³/mol. The number of fused-ring (bicyclic) bond motifs is 1. The van der Waals surface area contributed by atoms with Crippen molar-refractivity contribution in [2.75, 3.05) is 12.4 Å². The molecule has 4 nitrogen and oxygen atoms in total. The number of hydrogen-bond donors (Lipinski definition) is 1. The van der Waals surface area contributed by atoms with Gasteiger partial charge in [0, 0.05) is 15.1 Å². The summed E-state index contributed by atoms with van der Waals surface area (Å²) < 4.78 is 8.42. The van der Waals surface area contributed by atoms with Crippen molar-refractivity contribution < 1.29 is 9.53 Å². The fourth-order valence-corrected chi connectivity index (χ4v) is 5.58. The van der Waals surface area contributed by atoms with Crippen molar-refractivity contribution in [1.29, 1.82) is 0 Å². The highest BCUT2D eigenvalue weighted by atomic mass is 79.9. The molecular formula is C22H17BrN2O2S2. The van der Waals surface area contributed by atoms with Crippen molar-refractivity contribution in [2.45, 2.75) is 16.2 Å². The second-order valence-electron chi connectivity index (χ2n) is 6.33. The second kappa shape index (κ2) is 8.57. The number of thiazole rings is 1. The third kappa shape index (κ3) is 4.47. The van der Waals surface area contributed by atoms with Crippen molar-refractivity contribution in [1.82, 2.24) is 4.98 Å². The van der Waals surface area contributed by atoms with Gasteiger partial charge in [0.25, 0.3) is 5.91 Å². The Morgan fingerprint density at radius 2 is 1.90 bits per heavy atom. The first-order valence-corrected chi connectivity index (χ1v) is 11.2. The number of rotatable bonds is 5. The number of anilines is 1. The van der Waals surface area contributed by atoms with Crippen LogP contribution in [0, 0.1) is 6.92 Å². The van der Waals surface area contributed by atoms with Crippen LogP contribution in [0.2, 0.25) is 0 Å². The molecule has 0 fully saturated rings. The Kier molecular flexibility index (Phi) is 5.89. The first kappa shape index (κ1) is 19.9. The summed E-state index contributed by atoms with van der Waals surface area (Å²) in [6, 6.07) is 19.5. The van der Waals surface area contributed by atoms with E-state index in [4.69, 9.17) is 4.74 Å². The zero-order chi connectivity index (χ0) is 20.4. The van der Waals surface area contributed by atoms with Crippen LogP contribution in [-0.2, 0) is 0 Å². The number of amides is 1. The highest BCUT2D eigenvalue weighted by Crippen LogP contribution is 2.35. The summed E-state index contributed by atoms with van der Waals surface area (Å²) in [6.07, 6.45) is 0. The van der Waals surface area contributed by atoms with Gasteiger partial charge in [0.1, 0.15) is 5.75 Å². The van der Waals surface area contributed by atoms with Gasteiger partial charge in [-0.3, -0.25) is 4.79 Å². The van der Waals surface area contributed by atoms with Gasteiger partial charge in [0.2, 0.25) is 0 Å². The number of halogens is 1. The standard InChI is InChI=1S/C22H17BrN2O2S2/c1-13-11-14(23)12-17(20(13)27-2)21(26)24-15-7-9-16(10-8-15)28-22-25-18-5-3-4-6-19(18)29-22/h3-12H,1-2H3,(H,24,26). The van der Waals surface area contributed by atoms with E-state index in [1.165, 1.54) is 4.70 Å². The Balaban J connectivity index is 1.49. The summed E-state index contributed by atoms with van der Waals surface area (Å²) in [5.41, 5.74) is 3.13. The normalized spacial score (nSPS) is 10.9. The molecule has 0 saturated carbocycles. The largest absolute Gasteiger partial charge is 0.496 e. The maximum absolute atomic E-state index is 12.7. The Hall–Kier alpha value is -2.35. The van der Waals surface area contributed by atoms with Crippen molar-refractivity contribution in [3.63, 3.8) is 0 Å². The highest BCUT2D eigenvalue weighted by molar-refractivity contribution is 9.10. The van der Waals surface area contributed by atoms with E-state index in [0.717, 1.165) is 30.5 Å². The van der Waals surface area contributed by atoms with Crippen LogP contribution in [-0.4, -0.2) is 18.0 Å². The lowest BCUT2D eigenvalue weighted by Gasteiger charge is -2.12. The van der Waals surface area contributed by atoms with Gasteiger partial charge in [0.05, 0.1) is 22.9 Å². The Bertz CT molecular complexity index is 1160. The average Bonchev–Trinajstić information content (AvgIpc) is 3.11. The maximum atomic E-state index is 12.7. The van der Waals surface area contributed by atoms with Gasteiger partial charge in [-0.2, -0.15) is 0 Å². The second-order valence-corrected chi connectivity index (χ2v) is 9.60. The van der Waals surface area contributed by atoms with Gasteiger partial charge in [-0.25, -0.2) is 4.98 Å². The molecule has 0 bridgehead atoms. The van der Waals surface area contributed by atoms with Crippen molar-refractivity contribution in [3.8, 4) is 5.75 Å². The highest BCUT2D eigenvalue weighted by Gasteiger charge is 2.16. The zero-order valence-corrected chi connectivity index (χ0v) is 19.0. The third-order valence-corrected chi connectivity index (χ3v) is 6.84. The van der Waals surface area contributed by atoms with E-state index in [1.807, 2.05) is 55.5 Å². The van der Waals surface area contributed by atoms with E-state index >= 15 is 0 Å². The molecule has 0 unspecified atom stereocenters. The Labute approximate surface area is 185 Å². The van der Waals surface area contributed by atoms with E-state index < -0.39 is 0 Å². The van der Waals surface area contributed by atoms with Crippen LogP contribution < -0.4 is 10.1 Å². The number of nitrogens with zero attached hydrogens (tertiary/aromatic N) is 1. The molecule has 146 valence electrons. The van der Waals surface area contributed by atoms with Gasteiger partial charge in [-0.1, -0.05) is 39.8 Å². The monoisotopic (exact) mass is 484 g/mol. The quantitative estimate of drug-likeness (QED) is 0.339. The molecule has 0 radical (unpaired) electrons. The van der Waals surface area contributed by atoms with E-state index in [1.54, 1.807) is 36.3 Å². The van der Waals surface area contributed by atoms with Crippen LogP contribution in [0.4, 0.5) is 5.69 Å². The molecule has 1 aromatic heterocycles. The SMILES string of the molecule is COc1c(C)cc(Br)cc1C(=O)Nc1ccc(Sc2nc3ccccc3s2)cc1. The minimum atomic E-state index is -0.210. The number of carbonyl (C=O) groups is 1. The molecule has 0 aliphatic heterocycles. The van der Waals surface area contributed by atoms with Crippen LogP contribution in [0.1, 0.15) is 15.9 Å². The molecule has 0 aliphatic carbocycles. The Morgan fingerprint density at radius 3 is 2.62 bits per heavy atom. The predicted octanol–water partition coefficient (Wildman–Crippen LogP) is 6.78. The molecule has 7 heteroatoms. The lowest BCUT2D eigenvalue weighted by Crippen LogP contribution is -2.13. The van der Waals surface area contributed by atoms with E-state index in [0.29, 0.717) is 11.3 Å². The molecule has 1 heterocycles. The van der Waals surface area contributed by atoms with Crippen LogP contribution in [0.5, 0.6) is 5.75 Å². The first-order valence-electron chi connectivity index (χ1n) is 8.82. The lowest BCUT2D eigenvalue weighted by molar-refractivity contribution is 0.102. The maximum Gasteiger partial charge on any atom is 0.259 e. The number of methoxy groups -OCH3 is 1. The topological polar surface area (TPSA) is 51.2 Å². The molecule has 1 amide bonds. The lowest BCUT2D eigenvalue weighted by atomic mass is 10.1.